The van der Waals surface area contributed by atoms with Gasteiger partial charge in [-0.25, -0.2) is 9.97 Å². The molecular weight excluding hydrogens is 340 g/mol. The van der Waals surface area contributed by atoms with Crippen LogP contribution in [0.1, 0.15) is 16.3 Å². The lowest BCUT2D eigenvalue weighted by atomic mass is 10.2. The van der Waals surface area contributed by atoms with Gasteiger partial charge < -0.3 is 9.42 Å². The molecule has 1 aliphatic rings. The zero-order valence-corrected chi connectivity index (χ0v) is 14.4. The second-order valence-corrected chi connectivity index (χ2v) is 6.84. The van der Waals surface area contributed by atoms with Crippen molar-refractivity contribution < 1.29 is 9.32 Å². The Hall–Kier alpha value is -2.68. The molecule has 4 rings (SSSR count). The van der Waals surface area contributed by atoms with Crippen molar-refractivity contribution in [2.24, 2.45) is 0 Å². The number of hydrogen-bond acceptors (Lipinski definition) is 7. The summed E-state index contributed by atoms with van der Waals surface area (Å²) in [5.41, 5.74) is 1.19. The number of pyridine rings is 1. The van der Waals surface area contributed by atoms with E-state index in [0.29, 0.717) is 23.2 Å². The summed E-state index contributed by atoms with van der Waals surface area (Å²) in [6.45, 7) is 3.29. The molecule has 1 fully saturated rings. The van der Waals surface area contributed by atoms with E-state index in [1.807, 2.05) is 22.7 Å². The van der Waals surface area contributed by atoms with Crippen molar-refractivity contribution in [1.82, 2.24) is 29.6 Å². The standard InChI is InChI=1S/C16H16N6O2S/c1-11-19-15(24-20-11)12-2-3-17-14(8-12)22-9-13(18-10-22)16(23)21-4-6-25-7-5-21/h2-3,8-10H,4-7H2,1H3. The number of imidazole rings is 1. The van der Waals surface area contributed by atoms with Gasteiger partial charge in [-0.1, -0.05) is 5.16 Å². The number of amides is 1. The predicted octanol–water partition coefficient (Wildman–Crippen LogP) is 1.81. The SMILES string of the molecule is Cc1noc(-c2ccnc(-n3cnc(C(=O)N4CCSCC4)c3)c2)n1. The molecule has 8 nitrogen and oxygen atoms in total. The van der Waals surface area contributed by atoms with Crippen LogP contribution in [-0.2, 0) is 0 Å². The van der Waals surface area contributed by atoms with E-state index in [0.717, 1.165) is 30.2 Å². The summed E-state index contributed by atoms with van der Waals surface area (Å²) in [6, 6.07) is 3.62. The van der Waals surface area contributed by atoms with E-state index in [1.54, 1.807) is 36.3 Å². The first-order chi connectivity index (χ1) is 12.2. The largest absolute Gasteiger partial charge is 0.336 e. The van der Waals surface area contributed by atoms with Gasteiger partial charge in [0.25, 0.3) is 11.8 Å². The van der Waals surface area contributed by atoms with Crippen molar-refractivity contribution in [3.8, 4) is 17.3 Å². The lowest BCUT2D eigenvalue weighted by molar-refractivity contribution is 0.0767. The van der Waals surface area contributed by atoms with Crippen LogP contribution in [0, 0.1) is 6.92 Å². The minimum Gasteiger partial charge on any atom is -0.336 e. The summed E-state index contributed by atoms with van der Waals surface area (Å²) in [5, 5.41) is 3.80. The van der Waals surface area contributed by atoms with Gasteiger partial charge in [0.05, 0.1) is 0 Å². The quantitative estimate of drug-likeness (QED) is 0.707. The molecule has 128 valence electrons. The normalized spacial score (nSPS) is 14.7. The van der Waals surface area contributed by atoms with Crippen LogP contribution in [0.25, 0.3) is 17.3 Å². The van der Waals surface area contributed by atoms with E-state index in [-0.39, 0.29) is 5.91 Å². The van der Waals surface area contributed by atoms with Crippen LogP contribution in [0.3, 0.4) is 0 Å². The number of carbonyl (C=O) groups excluding carboxylic acids is 1. The summed E-state index contributed by atoms with van der Waals surface area (Å²) < 4.78 is 6.91. The Bertz CT molecular complexity index is 899. The van der Waals surface area contributed by atoms with Crippen LogP contribution >= 0.6 is 11.8 Å². The molecule has 0 aliphatic carbocycles. The Kier molecular flexibility index (Phi) is 4.22. The fraction of sp³-hybridized carbons (Fsp3) is 0.312. The summed E-state index contributed by atoms with van der Waals surface area (Å²) in [4.78, 5) is 27.2. The summed E-state index contributed by atoms with van der Waals surface area (Å²) in [6.07, 6.45) is 4.96. The monoisotopic (exact) mass is 356 g/mol. The zero-order valence-electron chi connectivity index (χ0n) is 13.6. The van der Waals surface area contributed by atoms with E-state index in [9.17, 15) is 4.79 Å². The van der Waals surface area contributed by atoms with E-state index in [2.05, 4.69) is 20.1 Å². The van der Waals surface area contributed by atoms with Crippen molar-refractivity contribution in [3.05, 3.63) is 42.4 Å². The highest BCUT2D eigenvalue weighted by Crippen LogP contribution is 2.19. The molecule has 0 radical (unpaired) electrons. The molecule has 0 spiro atoms. The first-order valence-electron chi connectivity index (χ1n) is 7.89. The number of thioether (sulfide) groups is 1. The maximum absolute atomic E-state index is 12.5. The molecule has 3 aromatic rings. The van der Waals surface area contributed by atoms with Crippen molar-refractivity contribution in [2.45, 2.75) is 6.92 Å². The van der Waals surface area contributed by atoms with Gasteiger partial charge in [-0.2, -0.15) is 16.7 Å². The zero-order chi connectivity index (χ0) is 17.2. The number of aromatic nitrogens is 5. The highest BCUT2D eigenvalue weighted by atomic mass is 32.2. The van der Waals surface area contributed by atoms with E-state index in [1.165, 1.54) is 0 Å². The van der Waals surface area contributed by atoms with Gasteiger partial charge in [0.2, 0.25) is 0 Å². The van der Waals surface area contributed by atoms with E-state index >= 15 is 0 Å². The Balaban J connectivity index is 1.58. The highest BCUT2D eigenvalue weighted by Gasteiger charge is 2.20. The summed E-state index contributed by atoms with van der Waals surface area (Å²) in [7, 11) is 0. The first-order valence-corrected chi connectivity index (χ1v) is 9.04. The molecule has 25 heavy (non-hydrogen) atoms. The van der Waals surface area contributed by atoms with Crippen LogP contribution < -0.4 is 0 Å². The molecule has 1 amide bonds. The van der Waals surface area contributed by atoms with Crippen LogP contribution in [0.15, 0.2) is 35.4 Å². The lowest BCUT2D eigenvalue weighted by Gasteiger charge is -2.25. The first kappa shape index (κ1) is 15.8. The van der Waals surface area contributed by atoms with Gasteiger partial charge in [-0.3, -0.25) is 9.36 Å². The topological polar surface area (TPSA) is 89.9 Å². The van der Waals surface area contributed by atoms with Gasteiger partial charge in [-0.05, 0) is 19.1 Å². The Morgan fingerprint density at radius 1 is 1.28 bits per heavy atom. The third kappa shape index (κ3) is 3.27. The van der Waals surface area contributed by atoms with E-state index < -0.39 is 0 Å². The maximum Gasteiger partial charge on any atom is 0.274 e. The van der Waals surface area contributed by atoms with Gasteiger partial charge in [0, 0.05) is 42.6 Å². The van der Waals surface area contributed by atoms with Crippen molar-refractivity contribution in [3.63, 3.8) is 0 Å². The molecule has 9 heteroatoms. The molecule has 0 N–H and O–H groups in total. The van der Waals surface area contributed by atoms with Crippen molar-refractivity contribution in [1.29, 1.82) is 0 Å². The molecule has 0 unspecified atom stereocenters. The molecule has 4 heterocycles. The predicted molar refractivity (Wildman–Crippen MR) is 92.6 cm³/mol. The minimum atomic E-state index is -0.0391. The average molecular weight is 356 g/mol. The lowest BCUT2D eigenvalue weighted by Crippen LogP contribution is -2.38. The average Bonchev–Trinajstić information content (AvgIpc) is 3.31. The maximum atomic E-state index is 12.5. The molecule has 1 saturated heterocycles. The fourth-order valence-corrected chi connectivity index (χ4v) is 3.50. The van der Waals surface area contributed by atoms with Crippen molar-refractivity contribution in [2.75, 3.05) is 24.6 Å². The third-order valence-electron chi connectivity index (χ3n) is 3.88. The number of rotatable bonds is 3. The highest BCUT2D eigenvalue weighted by molar-refractivity contribution is 7.99. The smallest absolute Gasteiger partial charge is 0.274 e. The molecule has 3 aromatic heterocycles. The minimum absolute atomic E-state index is 0.0391. The van der Waals surface area contributed by atoms with Crippen molar-refractivity contribution >= 4 is 17.7 Å². The molecule has 0 atom stereocenters. The molecule has 0 aromatic carbocycles. The number of nitrogens with zero attached hydrogens (tertiary/aromatic N) is 6. The fourth-order valence-electron chi connectivity index (χ4n) is 2.59. The Morgan fingerprint density at radius 2 is 2.12 bits per heavy atom. The van der Waals surface area contributed by atoms with Gasteiger partial charge in [-0.15, -0.1) is 0 Å². The van der Waals surface area contributed by atoms with Gasteiger partial charge in [0.15, 0.2) is 5.82 Å². The molecular formula is C16H16N6O2S. The number of carbonyl (C=O) groups is 1. The van der Waals surface area contributed by atoms with Crippen LogP contribution in [0.2, 0.25) is 0 Å². The number of aryl methyl sites for hydroxylation is 1. The summed E-state index contributed by atoms with van der Waals surface area (Å²) >= 11 is 1.87. The Morgan fingerprint density at radius 3 is 2.88 bits per heavy atom. The summed E-state index contributed by atoms with van der Waals surface area (Å²) in [5.74, 6) is 3.54. The van der Waals surface area contributed by atoms with Gasteiger partial charge >= 0.3 is 0 Å². The second kappa shape index (κ2) is 6.67. The van der Waals surface area contributed by atoms with Crippen LogP contribution in [-0.4, -0.2) is 60.1 Å². The van der Waals surface area contributed by atoms with Crippen LogP contribution in [0.4, 0.5) is 0 Å². The number of hydrogen-bond donors (Lipinski definition) is 0. The van der Waals surface area contributed by atoms with Crippen LogP contribution in [0.5, 0.6) is 0 Å². The second-order valence-electron chi connectivity index (χ2n) is 5.62. The Labute approximate surface area is 148 Å². The third-order valence-corrected chi connectivity index (χ3v) is 4.83. The van der Waals surface area contributed by atoms with Gasteiger partial charge in [0.1, 0.15) is 17.8 Å². The molecule has 0 saturated carbocycles. The molecule has 0 bridgehead atoms. The molecule has 1 aliphatic heterocycles. The van der Waals surface area contributed by atoms with E-state index in [4.69, 9.17) is 4.52 Å².